The van der Waals surface area contributed by atoms with Crippen molar-refractivity contribution in [2.45, 2.75) is 31.2 Å². The topological polar surface area (TPSA) is 60.9 Å². The van der Waals surface area contributed by atoms with Gasteiger partial charge in [-0.3, -0.25) is 9.80 Å². The van der Waals surface area contributed by atoms with E-state index in [2.05, 4.69) is 0 Å². The fourth-order valence-corrected chi connectivity index (χ4v) is 4.16. The minimum Gasteiger partial charge on any atom is -0.480 e. The van der Waals surface area contributed by atoms with E-state index in [1.165, 1.54) is 16.7 Å². The van der Waals surface area contributed by atoms with Gasteiger partial charge in [0.25, 0.3) is 0 Å². The van der Waals surface area contributed by atoms with Gasteiger partial charge in [0.1, 0.15) is 6.04 Å². The van der Waals surface area contributed by atoms with E-state index >= 15 is 0 Å². The van der Waals surface area contributed by atoms with E-state index in [9.17, 15) is 14.7 Å². The summed E-state index contributed by atoms with van der Waals surface area (Å²) in [7, 11) is 0. The van der Waals surface area contributed by atoms with Crippen LogP contribution < -0.4 is 4.90 Å². The number of carboxylic acid groups (broad SMARTS) is 1. The lowest BCUT2D eigenvalue weighted by Crippen LogP contribution is -2.52. The van der Waals surface area contributed by atoms with Gasteiger partial charge in [0, 0.05) is 18.0 Å². The van der Waals surface area contributed by atoms with Gasteiger partial charge in [-0.2, -0.15) is 0 Å². The molecule has 0 aliphatic carbocycles. The number of benzene rings is 1. The third kappa shape index (κ3) is 2.48. The molecular weight excluding hydrogens is 288 g/mol. The van der Waals surface area contributed by atoms with E-state index in [4.69, 9.17) is 0 Å². The third-order valence-corrected chi connectivity index (χ3v) is 5.29. The molecule has 5 nitrogen and oxygen atoms in total. The molecule has 3 rings (SSSR count). The van der Waals surface area contributed by atoms with E-state index in [1.54, 1.807) is 4.90 Å². The zero-order valence-corrected chi connectivity index (χ0v) is 12.7. The molecule has 2 heterocycles. The number of amides is 2. The van der Waals surface area contributed by atoms with Crippen molar-refractivity contribution in [2.75, 3.05) is 17.2 Å². The Kier molecular flexibility index (Phi) is 3.80. The molecule has 1 saturated heterocycles. The van der Waals surface area contributed by atoms with Gasteiger partial charge < -0.3 is 5.11 Å². The highest BCUT2D eigenvalue weighted by atomic mass is 32.2. The minimum atomic E-state index is -0.925. The number of fused-ring (bicyclic) bond motifs is 1. The number of carboxylic acids is 1. The quantitative estimate of drug-likeness (QED) is 0.865. The zero-order chi connectivity index (χ0) is 15.0. The molecule has 6 heteroatoms. The van der Waals surface area contributed by atoms with Crippen molar-refractivity contribution in [2.24, 2.45) is 0 Å². The molecule has 112 valence electrons. The highest BCUT2D eigenvalue weighted by molar-refractivity contribution is 8.00. The van der Waals surface area contributed by atoms with Gasteiger partial charge in [-0.15, -0.1) is 11.8 Å². The van der Waals surface area contributed by atoms with Gasteiger partial charge in [0.2, 0.25) is 0 Å². The van der Waals surface area contributed by atoms with Crippen LogP contribution in [0, 0.1) is 0 Å². The summed E-state index contributed by atoms with van der Waals surface area (Å²) in [6, 6.07) is 6.95. The standard InChI is InChI=1S/C15H18N2O3S/c1-10-17(13(9-21-10)14(18)19)15(20)16-8-4-6-11-5-2-3-7-12(11)16/h2-3,5,7,10,13H,4,6,8-9H2,1H3,(H,18,19). The number of thioether (sulfide) groups is 1. The summed E-state index contributed by atoms with van der Waals surface area (Å²) in [5.74, 6) is -0.469. The number of carbonyl (C=O) groups is 2. The number of hydrogen-bond acceptors (Lipinski definition) is 3. The van der Waals surface area contributed by atoms with Crippen molar-refractivity contribution >= 4 is 29.4 Å². The Bertz CT molecular complexity index is 578. The minimum absolute atomic E-state index is 0.104. The Morgan fingerprint density at radius 3 is 2.86 bits per heavy atom. The monoisotopic (exact) mass is 306 g/mol. The van der Waals surface area contributed by atoms with Crippen molar-refractivity contribution in [3.8, 4) is 0 Å². The number of carbonyl (C=O) groups excluding carboxylic acids is 1. The lowest BCUT2D eigenvalue weighted by atomic mass is 10.0. The molecule has 2 atom stereocenters. The number of aryl methyl sites for hydroxylation is 1. The van der Waals surface area contributed by atoms with Gasteiger partial charge in [0.05, 0.1) is 5.37 Å². The van der Waals surface area contributed by atoms with E-state index in [1.807, 2.05) is 31.2 Å². The van der Waals surface area contributed by atoms with Crippen LogP contribution in [0.4, 0.5) is 10.5 Å². The van der Waals surface area contributed by atoms with Gasteiger partial charge in [-0.05, 0) is 31.4 Å². The normalized spacial score (nSPS) is 24.8. The van der Waals surface area contributed by atoms with Gasteiger partial charge in [-0.1, -0.05) is 18.2 Å². The van der Waals surface area contributed by atoms with Gasteiger partial charge >= 0.3 is 12.0 Å². The molecule has 2 unspecified atom stereocenters. The first-order valence-corrected chi connectivity index (χ1v) is 8.16. The smallest absolute Gasteiger partial charge is 0.327 e. The van der Waals surface area contributed by atoms with Crippen LogP contribution in [-0.2, 0) is 11.2 Å². The number of rotatable bonds is 1. The first kappa shape index (κ1) is 14.3. The van der Waals surface area contributed by atoms with Gasteiger partial charge in [-0.25, -0.2) is 9.59 Å². The molecule has 21 heavy (non-hydrogen) atoms. The van der Waals surface area contributed by atoms with Crippen LogP contribution in [0.25, 0.3) is 0 Å². The molecule has 0 spiro atoms. The van der Waals surface area contributed by atoms with Crippen LogP contribution in [0.3, 0.4) is 0 Å². The highest BCUT2D eigenvalue weighted by Gasteiger charge is 2.42. The lowest BCUT2D eigenvalue weighted by molar-refractivity contribution is -0.141. The van der Waals surface area contributed by atoms with E-state index in [0.717, 1.165) is 24.1 Å². The first-order chi connectivity index (χ1) is 10.1. The molecule has 0 bridgehead atoms. The van der Waals surface area contributed by atoms with Crippen molar-refractivity contribution in [3.63, 3.8) is 0 Å². The number of anilines is 1. The molecule has 2 aliphatic heterocycles. The maximum Gasteiger partial charge on any atom is 0.327 e. The maximum absolute atomic E-state index is 12.9. The summed E-state index contributed by atoms with van der Waals surface area (Å²) in [6.07, 6.45) is 1.88. The van der Waals surface area contributed by atoms with Crippen molar-refractivity contribution in [1.29, 1.82) is 0 Å². The molecule has 1 aromatic carbocycles. The van der Waals surface area contributed by atoms with Crippen LogP contribution in [0.5, 0.6) is 0 Å². The largest absolute Gasteiger partial charge is 0.480 e. The van der Waals surface area contributed by atoms with E-state index in [0.29, 0.717) is 12.3 Å². The maximum atomic E-state index is 12.9. The number of urea groups is 1. The number of para-hydroxylation sites is 1. The fraction of sp³-hybridized carbons (Fsp3) is 0.467. The predicted molar refractivity (Wildman–Crippen MR) is 82.7 cm³/mol. The summed E-state index contributed by atoms with van der Waals surface area (Å²) in [4.78, 5) is 27.5. The molecule has 0 saturated carbocycles. The molecule has 0 aromatic heterocycles. The first-order valence-electron chi connectivity index (χ1n) is 7.11. The molecule has 0 radical (unpaired) electrons. The van der Waals surface area contributed by atoms with Crippen molar-refractivity contribution in [1.82, 2.24) is 4.90 Å². The number of nitrogens with zero attached hydrogens (tertiary/aromatic N) is 2. The molecule has 2 aliphatic rings. The van der Waals surface area contributed by atoms with Crippen LogP contribution in [0.15, 0.2) is 24.3 Å². The van der Waals surface area contributed by atoms with Crippen LogP contribution in [-0.4, -0.2) is 45.7 Å². The Morgan fingerprint density at radius 2 is 2.10 bits per heavy atom. The summed E-state index contributed by atoms with van der Waals surface area (Å²) in [5, 5.41) is 9.21. The highest BCUT2D eigenvalue weighted by Crippen LogP contribution is 2.33. The lowest BCUT2D eigenvalue weighted by Gasteiger charge is -2.35. The Hall–Kier alpha value is -1.69. The summed E-state index contributed by atoms with van der Waals surface area (Å²) < 4.78 is 0. The van der Waals surface area contributed by atoms with Gasteiger partial charge in [0.15, 0.2) is 0 Å². The zero-order valence-electron chi connectivity index (χ0n) is 11.9. The SMILES string of the molecule is CC1SCC(C(=O)O)N1C(=O)N1CCCc2ccccc21. The Morgan fingerprint density at radius 1 is 1.33 bits per heavy atom. The number of aliphatic carboxylic acids is 1. The van der Waals surface area contributed by atoms with Crippen LogP contribution in [0.1, 0.15) is 18.9 Å². The fourth-order valence-electron chi connectivity index (χ4n) is 3.00. The Balaban J connectivity index is 1.90. The van der Waals surface area contributed by atoms with Crippen LogP contribution in [0.2, 0.25) is 0 Å². The second-order valence-electron chi connectivity index (χ2n) is 5.36. The second-order valence-corrected chi connectivity index (χ2v) is 6.71. The molecule has 1 fully saturated rings. The Labute approximate surface area is 127 Å². The van der Waals surface area contributed by atoms with E-state index < -0.39 is 12.0 Å². The molecule has 2 amide bonds. The summed E-state index contributed by atoms with van der Waals surface area (Å²) in [6.45, 7) is 2.54. The van der Waals surface area contributed by atoms with E-state index in [-0.39, 0.29) is 11.4 Å². The average molecular weight is 306 g/mol. The van der Waals surface area contributed by atoms with Crippen LogP contribution >= 0.6 is 11.8 Å². The number of hydrogen-bond donors (Lipinski definition) is 1. The van der Waals surface area contributed by atoms with Crippen molar-refractivity contribution in [3.05, 3.63) is 29.8 Å². The second kappa shape index (κ2) is 5.60. The average Bonchev–Trinajstić information content (AvgIpc) is 2.88. The third-order valence-electron chi connectivity index (χ3n) is 4.07. The molecule has 1 aromatic rings. The molecule has 1 N–H and O–H groups in total. The molecular formula is C15H18N2O3S. The van der Waals surface area contributed by atoms with Crippen molar-refractivity contribution < 1.29 is 14.7 Å². The summed E-state index contributed by atoms with van der Waals surface area (Å²) >= 11 is 1.51. The predicted octanol–water partition coefficient (Wildman–Crippen LogP) is 2.41. The summed E-state index contributed by atoms with van der Waals surface area (Å²) in [5.41, 5.74) is 2.07.